The van der Waals surface area contributed by atoms with Gasteiger partial charge >= 0.3 is 0 Å². The highest BCUT2D eigenvalue weighted by Gasteiger charge is 2.00. The molecule has 0 saturated carbocycles. The highest BCUT2D eigenvalue weighted by Crippen LogP contribution is 2.06. The van der Waals surface area contributed by atoms with Crippen LogP contribution in [0.5, 0.6) is 0 Å². The summed E-state index contributed by atoms with van der Waals surface area (Å²) >= 11 is 0. The number of anilines is 1. The van der Waals surface area contributed by atoms with Gasteiger partial charge < -0.3 is 10.7 Å². The number of hydrogen-bond acceptors (Lipinski definition) is 2. The zero-order chi connectivity index (χ0) is 8.43. The number of aromatic amines is 1. The van der Waals surface area contributed by atoms with Crippen LogP contribution in [-0.4, -0.2) is 4.98 Å². The van der Waals surface area contributed by atoms with Gasteiger partial charge in [-0.05, 0) is 25.0 Å². The molecule has 11 heavy (non-hydrogen) atoms. The largest absolute Gasteiger partial charge is 0.394 e. The lowest BCUT2D eigenvalue weighted by atomic mass is 10.1. The van der Waals surface area contributed by atoms with Gasteiger partial charge in [-0.15, -0.1) is 0 Å². The maximum Gasteiger partial charge on any atom is 0.271 e. The first kappa shape index (κ1) is 7.85. The van der Waals surface area contributed by atoms with Crippen LogP contribution in [-0.2, 0) is 6.42 Å². The van der Waals surface area contributed by atoms with E-state index in [9.17, 15) is 4.79 Å². The number of nitrogen functional groups attached to an aromatic ring is 1. The topological polar surface area (TPSA) is 58.9 Å². The zero-order valence-corrected chi connectivity index (χ0v) is 6.77. The number of hydrogen-bond donors (Lipinski definition) is 2. The number of aryl methyl sites for hydroxylation is 2. The molecule has 0 amide bonds. The second-order valence-electron chi connectivity index (χ2n) is 2.57. The Morgan fingerprint density at radius 2 is 2.27 bits per heavy atom. The third kappa shape index (κ3) is 1.42. The molecule has 1 heterocycles. The van der Waals surface area contributed by atoms with E-state index in [-0.39, 0.29) is 5.56 Å². The molecule has 0 saturated heterocycles. The van der Waals surface area contributed by atoms with Crippen LogP contribution in [0.3, 0.4) is 0 Å². The molecular weight excluding hydrogens is 140 g/mol. The minimum absolute atomic E-state index is 0.179. The van der Waals surface area contributed by atoms with Crippen molar-refractivity contribution >= 4 is 5.69 Å². The molecule has 0 unspecified atom stereocenters. The summed E-state index contributed by atoms with van der Waals surface area (Å²) in [6, 6.07) is 1.90. The van der Waals surface area contributed by atoms with Crippen LogP contribution in [0.1, 0.15) is 18.2 Å². The molecule has 0 spiro atoms. The summed E-state index contributed by atoms with van der Waals surface area (Å²) in [4.78, 5) is 13.7. The Bertz CT molecular complexity index is 314. The summed E-state index contributed by atoms with van der Waals surface area (Å²) in [5.74, 6) is 0. The summed E-state index contributed by atoms with van der Waals surface area (Å²) < 4.78 is 0. The number of nitrogens with two attached hydrogens (primary N) is 1. The molecule has 0 aliphatic heterocycles. The lowest BCUT2D eigenvalue weighted by Gasteiger charge is -2.01. The number of rotatable bonds is 1. The van der Waals surface area contributed by atoms with E-state index < -0.39 is 0 Å². The summed E-state index contributed by atoms with van der Waals surface area (Å²) in [5, 5.41) is 0. The van der Waals surface area contributed by atoms with E-state index in [2.05, 4.69) is 4.98 Å². The zero-order valence-electron chi connectivity index (χ0n) is 6.77. The Hall–Kier alpha value is -1.25. The van der Waals surface area contributed by atoms with Gasteiger partial charge in [0.25, 0.3) is 5.56 Å². The fraction of sp³-hybridized carbons (Fsp3) is 0.375. The molecule has 1 aromatic rings. The van der Waals surface area contributed by atoms with Crippen LogP contribution in [0.4, 0.5) is 5.69 Å². The van der Waals surface area contributed by atoms with E-state index in [0.29, 0.717) is 5.69 Å². The first-order valence-corrected chi connectivity index (χ1v) is 3.63. The third-order valence-electron chi connectivity index (χ3n) is 1.67. The van der Waals surface area contributed by atoms with Gasteiger partial charge in [-0.2, -0.15) is 0 Å². The maximum absolute atomic E-state index is 11.0. The molecule has 0 aliphatic rings. The molecule has 3 N–H and O–H groups in total. The predicted molar refractivity (Wildman–Crippen MR) is 45.6 cm³/mol. The van der Waals surface area contributed by atoms with Crippen molar-refractivity contribution in [3.63, 3.8) is 0 Å². The molecule has 0 aromatic carbocycles. The quantitative estimate of drug-likeness (QED) is 0.626. The molecule has 0 aliphatic carbocycles. The monoisotopic (exact) mass is 152 g/mol. The van der Waals surface area contributed by atoms with Gasteiger partial charge in [0.05, 0.1) is 0 Å². The first-order chi connectivity index (χ1) is 5.15. The second kappa shape index (κ2) is 2.78. The van der Waals surface area contributed by atoms with Gasteiger partial charge in [0.1, 0.15) is 5.69 Å². The Kier molecular flexibility index (Phi) is 1.98. The average Bonchev–Trinajstić information content (AvgIpc) is 1.96. The maximum atomic E-state index is 11.0. The molecule has 0 radical (unpaired) electrons. The molecule has 3 nitrogen and oxygen atoms in total. The van der Waals surface area contributed by atoms with Crippen LogP contribution in [0.25, 0.3) is 0 Å². The highest BCUT2D eigenvalue weighted by atomic mass is 16.1. The molecule has 0 fully saturated rings. The van der Waals surface area contributed by atoms with E-state index in [4.69, 9.17) is 5.73 Å². The van der Waals surface area contributed by atoms with Gasteiger partial charge in [-0.25, -0.2) is 0 Å². The Labute approximate surface area is 65.2 Å². The van der Waals surface area contributed by atoms with Gasteiger partial charge in [-0.1, -0.05) is 6.92 Å². The molecular formula is C8H12N2O. The molecule has 0 atom stereocenters. The fourth-order valence-corrected chi connectivity index (χ4v) is 1.06. The average molecular weight is 152 g/mol. The van der Waals surface area contributed by atoms with Crippen molar-refractivity contribution in [1.29, 1.82) is 0 Å². The summed E-state index contributed by atoms with van der Waals surface area (Å²) in [6.07, 6.45) is 0.802. The molecule has 60 valence electrons. The number of H-pyrrole nitrogens is 1. The Morgan fingerprint density at radius 1 is 1.64 bits per heavy atom. The molecule has 1 rings (SSSR count). The fourth-order valence-electron chi connectivity index (χ4n) is 1.06. The predicted octanol–water partition coefficient (Wildman–Crippen LogP) is 0.828. The lowest BCUT2D eigenvalue weighted by molar-refractivity contribution is 1.07. The van der Waals surface area contributed by atoms with Gasteiger partial charge in [0.15, 0.2) is 0 Å². The van der Waals surface area contributed by atoms with E-state index in [0.717, 1.165) is 17.7 Å². The van der Waals surface area contributed by atoms with E-state index in [1.807, 2.05) is 19.9 Å². The van der Waals surface area contributed by atoms with Gasteiger partial charge in [-0.3, -0.25) is 4.79 Å². The van der Waals surface area contributed by atoms with Crippen molar-refractivity contribution in [2.75, 3.05) is 5.73 Å². The van der Waals surface area contributed by atoms with Crippen LogP contribution < -0.4 is 11.3 Å². The number of nitrogens with one attached hydrogen (secondary N) is 1. The molecule has 3 heteroatoms. The minimum atomic E-state index is -0.179. The molecule has 0 bridgehead atoms. The first-order valence-electron chi connectivity index (χ1n) is 3.63. The number of pyridine rings is 1. The van der Waals surface area contributed by atoms with E-state index in [1.165, 1.54) is 0 Å². The van der Waals surface area contributed by atoms with E-state index >= 15 is 0 Å². The van der Waals surface area contributed by atoms with Crippen molar-refractivity contribution < 1.29 is 0 Å². The van der Waals surface area contributed by atoms with Crippen molar-refractivity contribution in [1.82, 2.24) is 4.98 Å². The summed E-state index contributed by atoms with van der Waals surface area (Å²) in [7, 11) is 0. The van der Waals surface area contributed by atoms with Gasteiger partial charge in [0.2, 0.25) is 0 Å². The van der Waals surface area contributed by atoms with Crippen molar-refractivity contribution in [3.05, 3.63) is 27.7 Å². The van der Waals surface area contributed by atoms with Crippen LogP contribution in [0.2, 0.25) is 0 Å². The Morgan fingerprint density at radius 3 is 2.82 bits per heavy atom. The Balaban J connectivity index is 3.36. The second-order valence-corrected chi connectivity index (χ2v) is 2.57. The van der Waals surface area contributed by atoms with Crippen molar-refractivity contribution in [3.8, 4) is 0 Å². The van der Waals surface area contributed by atoms with Gasteiger partial charge in [0, 0.05) is 5.69 Å². The smallest absolute Gasteiger partial charge is 0.271 e. The SMILES string of the molecule is CCc1cc(C)[nH]c(=O)c1N. The van der Waals surface area contributed by atoms with Crippen LogP contribution >= 0.6 is 0 Å². The normalized spacial score (nSPS) is 10.0. The number of aromatic nitrogens is 1. The third-order valence-corrected chi connectivity index (χ3v) is 1.67. The van der Waals surface area contributed by atoms with Crippen LogP contribution in [0, 0.1) is 6.92 Å². The van der Waals surface area contributed by atoms with E-state index in [1.54, 1.807) is 0 Å². The van der Waals surface area contributed by atoms with Crippen LogP contribution in [0.15, 0.2) is 10.9 Å². The lowest BCUT2D eigenvalue weighted by Crippen LogP contribution is -2.15. The molecule has 1 aromatic heterocycles. The van der Waals surface area contributed by atoms with Crippen molar-refractivity contribution in [2.24, 2.45) is 0 Å². The minimum Gasteiger partial charge on any atom is -0.394 e. The summed E-state index contributed by atoms with van der Waals surface area (Å²) in [5.41, 5.74) is 7.47. The highest BCUT2D eigenvalue weighted by molar-refractivity contribution is 5.44. The summed E-state index contributed by atoms with van der Waals surface area (Å²) in [6.45, 7) is 3.82. The van der Waals surface area contributed by atoms with Crippen molar-refractivity contribution in [2.45, 2.75) is 20.3 Å². The standard InChI is InChI=1S/C8H12N2O/c1-3-6-4-5(2)10-8(11)7(6)9/h4H,3,9H2,1-2H3,(H,10,11).